The smallest absolute Gasteiger partial charge is 0.0684 e. The van der Waals surface area contributed by atoms with Gasteiger partial charge in [-0.15, -0.1) is 0 Å². The number of nitrogens with zero attached hydrogens (tertiary/aromatic N) is 2. The maximum Gasteiger partial charge on any atom is 0.0684 e. The van der Waals surface area contributed by atoms with Gasteiger partial charge in [0, 0.05) is 24.4 Å². The number of benzene rings is 1. The number of aromatic nitrogens is 2. The van der Waals surface area contributed by atoms with Crippen LogP contribution in [0.25, 0.3) is 10.9 Å². The molecule has 0 amide bonds. The van der Waals surface area contributed by atoms with E-state index in [-0.39, 0.29) is 5.41 Å². The Bertz CT molecular complexity index is 577. The molecule has 1 fully saturated rings. The van der Waals surface area contributed by atoms with Gasteiger partial charge in [-0.2, -0.15) is 5.10 Å². The van der Waals surface area contributed by atoms with Crippen molar-refractivity contribution in [3.8, 4) is 0 Å². The Balaban J connectivity index is 2.15. The predicted octanol–water partition coefficient (Wildman–Crippen LogP) is 2.65. The van der Waals surface area contributed by atoms with E-state index in [9.17, 15) is 0 Å². The van der Waals surface area contributed by atoms with Crippen molar-refractivity contribution < 1.29 is 0 Å². The van der Waals surface area contributed by atoms with Gasteiger partial charge in [0.1, 0.15) is 0 Å². The van der Waals surface area contributed by atoms with Gasteiger partial charge in [0.15, 0.2) is 0 Å². The standard InChI is InChI=1S/C15H21N3/c1-11-13-6-5-12(9-14(13)18(2)17-11)15(10-16)7-3-4-8-15/h5-6,9H,3-4,7-8,10,16H2,1-2H3. The summed E-state index contributed by atoms with van der Waals surface area (Å²) < 4.78 is 1.98. The Labute approximate surface area is 108 Å². The van der Waals surface area contributed by atoms with E-state index >= 15 is 0 Å². The third-order valence-electron chi connectivity index (χ3n) is 4.60. The van der Waals surface area contributed by atoms with Crippen molar-refractivity contribution >= 4 is 10.9 Å². The Morgan fingerprint density at radius 3 is 2.72 bits per heavy atom. The first-order valence-corrected chi connectivity index (χ1v) is 6.80. The zero-order chi connectivity index (χ0) is 12.8. The fourth-order valence-corrected chi connectivity index (χ4v) is 3.43. The molecule has 1 aromatic carbocycles. The summed E-state index contributed by atoms with van der Waals surface area (Å²) in [6, 6.07) is 6.77. The number of rotatable bonds is 2. The Hall–Kier alpha value is -1.35. The zero-order valence-corrected chi connectivity index (χ0v) is 11.2. The van der Waals surface area contributed by atoms with Crippen LogP contribution < -0.4 is 5.73 Å². The fraction of sp³-hybridized carbons (Fsp3) is 0.533. The van der Waals surface area contributed by atoms with Crippen LogP contribution in [0.3, 0.4) is 0 Å². The van der Waals surface area contributed by atoms with E-state index < -0.39 is 0 Å². The molecule has 0 aliphatic heterocycles. The molecule has 1 aromatic heterocycles. The van der Waals surface area contributed by atoms with Crippen molar-refractivity contribution in [2.75, 3.05) is 6.54 Å². The molecule has 1 saturated carbocycles. The third-order valence-corrected chi connectivity index (χ3v) is 4.60. The minimum Gasteiger partial charge on any atom is -0.330 e. The third kappa shape index (κ3) is 1.57. The topological polar surface area (TPSA) is 43.8 Å². The van der Waals surface area contributed by atoms with Crippen molar-refractivity contribution in [2.45, 2.75) is 38.0 Å². The van der Waals surface area contributed by atoms with Crippen LogP contribution in [-0.2, 0) is 12.5 Å². The molecule has 0 spiro atoms. The Morgan fingerprint density at radius 2 is 2.06 bits per heavy atom. The second-order valence-electron chi connectivity index (χ2n) is 5.63. The van der Waals surface area contributed by atoms with Crippen LogP contribution in [0.1, 0.15) is 36.9 Å². The van der Waals surface area contributed by atoms with Gasteiger partial charge in [0.05, 0.1) is 11.2 Å². The normalized spacial score (nSPS) is 18.6. The van der Waals surface area contributed by atoms with Crippen molar-refractivity contribution in [1.82, 2.24) is 9.78 Å². The summed E-state index contributed by atoms with van der Waals surface area (Å²) in [5, 5.41) is 5.75. The number of nitrogens with two attached hydrogens (primary N) is 1. The summed E-state index contributed by atoms with van der Waals surface area (Å²) >= 11 is 0. The molecule has 2 aromatic rings. The van der Waals surface area contributed by atoms with Crippen molar-refractivity contribution in [3.63, 3.8) is 0 Å². The van der Waals surface area contributed by atoms with Crippen molar-refractivity contribution in [2.24, 2.45) is 12.8 Å². The quantitative estimate of drug-likeness (QED) is 0.881. The average molecular weight is 243 g/mol. The molecular formula is C15H21N3. The van der Waals surface area contributed by atoms with Crippen LogP contribution in [0.4, 0.5) is 0 Å². The average Bonchev–Trinajstić information content (AvgIpc) is 2.96. The van der Waals surface area contributed by atoms with Gasteiger partial charge in [0.25, 0.3) is 0 Å². The van der Waals surface area contributed by atoms with Gasteiger partial charge in [-0.1, -0.05) is 25.0 Å². The maximum atomic E-state index is 6.07. The minimum atomic E-state index is 0.215. The second-order valence-corrected chi connectivity index (χ2v) is 5.63. The summed E-state index contributed by atoms with van der Waals surface area (Å²) in [7, 11) is 2.02. The van der Waals surface area contributed by atoms with Gasteiger partial charge < -0.3 is 5.73 Å². The lowest BCUT2D eigenvalue weighted by Crippen LogP contribution is -2.31. The number of aryl methyl sites for hydroxylation is 2. The lowest BCUT2D eigenvalue weighted by Gasteiger charge is -2.28. The minimum absolute atomic E-state index is 0.215. The second kappa shape index (κ2) is 4.09. The van der Waals surface area contributed by atoms with E-state index in [4.69, 9.17) is 5.73 Å². The lowest BCUT2D eigenvalue weighted by atomic mass is 9.79. The van der Waals surface area contributed by atoms with Crippen LogP contribution in [0.15, 0.2) is 18.2 Å². The van der Waals surface area contributed by atoms with E-state index in [1.165, 1.54) is 42.1 Å². The van der Waals surface area contributed by atoms with Crippen molar-refractivity contribution in [3.05, 3.63) is 29.5 Å². The van der Waals surface area contributed by atoms with Crippen LogP contribution in [0.2, 0.25) is 0 Å². The molecular weight excluding hydrogens is 222 g/mol. The predicted molar refractivity (Wildman–Crippen MR) is 74.7 cm³/mol. The van der Waals surface area contributed by atoms with E-state index in [2.05, 4.69) is 30.2 Å². The van der Waals surface area contributed by atoms with Gasteiger partial charge >= 0.3 is 0 Å². The summed E-state index contributed by atoms with van der Waals surface area (Å²) in [5.41, 5.74) is 10.0. The molecule has 2 N–H and O–H groups in total. The first-order chi connectivity index (χ1) is 8.66. The first kappa shape index (κ1) is 11.7. The molecule has 0 radical (unpaired) electrons. The lowest BCUT2D eigenvalue weighted by molar-refractivity contribution is 0.453. The molecule has 0 bridgehead atoms. The van der Waals surface area contributed by atoms with Gasteiger partial charge in [0.2, 0.25) is 0 Å². The molecule has 0 atom stereocenters. The molecule has 0 unspecified atom stereocenters. The van der Waals surface area contributed by atoms with E-state index in [0.717, 1.165) is 12.2 Å². The first-order valence-electron chi connectivity index (χ1n) is 6.80. The molecule has 1 aliphatic rings. The van der Waals surface area contributed by atoms with Gasteiger partial charge in [-0.05, 0) is 31.4 Å². The van der Waals surface area contributed by atoms with Crippen LogP contribution in [0, 0.1) is 6.92 Å². The summed E-state index contributed by atoms with van der Waals surface area (Å²) in [4.78, 5) is 0. The van der Waals surface area contributed by atoms with E-state index in [1.807, 2.05) is 11.7 Å². The maximum absolute atomic E-state index is 6.07. The van der Waals surface area contributed by atoms with E-state index in [0.29, 0.717) is 0 Å². The molecule has 3 rings (SSSR count). The molecule has 1 aliphatic carbocycles. The van der Waals surface area contributed by atoms with Crippen LogP contribution in [-0.4, -0.2) is 16.3 Å². The molecule has 0 saturated heterocycles. The summed E-state index contributed by atoms with van der Waals surface area (Å²) in [5.74, 6) is 0. The molecule has 1 heterocycles. The largest absolute Gasteiger partial charge is 0.330 e. The van der Waals surface area contributed by atoms with Gasteiger partial charge in [-0.25, -0.2) is 0 Å². The fourth-order valence-electron chi connectivity index (χ4n) is 3.43. The monoisotopic (exact) mass is 243 g/mol. The number of fused-ring (bicyclic) bond motifs is 1. The summed E-state index contributed by atoms with van der Waals surface area (Å²) in [6.07, 6.45) is 5.07. The highest BCUT2D eigenvalue weighted by atomic mass is 15.3. The Kier molecular flexibility index (Phi) is 2.67. The highest BCUT2D eigenvalue weighted by Gasteiger charge is 2.34. The number of hydrogen-bond donors (Lipinski definition) is 1. The zero-order valence-electron chi connectivity index (χ0n) is 11.2. The number of hydrogen-bond acceptors (Lipinski definition) is 2. The highest BCUT2D eigenvalue weighted by Crippen LogP contribution is 2.41. The molecule has 18 heavy (non-hydrogen) atoms. The summed E-state index contributed by atoms with van der Waals surface area (Å²) in [6.45, 7) is 2.83. The molecule has 96 valence electrons. The van der Waals surface area contributed by atoms with Crippen molar-refractivity contribution in [1.29, 1.82) is 0 Å². The van der Waals surface area contributed by atoms with Crippen LogP contribution >= 0.6 is 0 Å². The molecule has 3 heteroatoms. The van der Waals surface area contributed by atoms with Crippen LogP contribution in [0.5, 0.6) is 0 Å². The van der Waals surface area contributed by atoms with Gasteiger partial charge in [-0.3, -0.25) is 4.68 Å². The van der Waals surface area contributed by atoms with E-state index in [1.54, 1.807) is 0 Å². The Morgan fingerprint density at radius 1 is 1.33 bits per heavy atom. The highest BCUT2D eigenvalue weighted by molar-refractivity contribution is 5.82. The molecule has 3 nitrogen and oxygen atoms in total. The SMILES string of the molecule is Cc1nn(C)c2cc(C3(CN)CCCC3)ccc12.